The monoisotopic (exact) mass is 317 g/mol. The van der Waals surface area contributed by atoms with Gasteiger partial charge in [0.25, 0.3) is 0 Å². The molecule has 2 aromatic rings. The molecule has 100 valence electrons. The van der Waals surface area contributed by atoms with E-state index >= 15 is 0 Å². The molecule has 1 unspecified atom stereocenters. The van der Waals surface area contributed by atoms with Crippen molar-refractivity contribution in [1.29, 1.82) is 0 Å². The summed E-state index contributed by atoms with van der Waals surface area (Å²) in [7, 11) is 0. The van der Waals surface area contributed by atoms with E-state index in [2.05, 4.69) is 83.6 Å². The average molecular weight is 318 g/mol. The lowest BCUT2D eigenvalue weighted by Crippen LogP contribution is -2.23. The molecular formula is C17H20BrN. The largest absolute Gasteiger partial charge is 0.310 e. The van der Waals surface area contributed by atoms with E-state index in [0.29, 0.717) is 6.04 Å². The van der Waals surface area contributed by atoms with Crippen molar-refractivity contribution in [2.24, 2.45) is 0 Å². The predicted molar refractivity (Wildman–Crippen MR) is 85.4 cm³/mol. The second-order valence-electron chi connectivity index (χ2n) is 4.82. The van der Waals surface area contributed by atoms with Gasteiger partial charge in [0.1, 0.15) is 0 Å². The van der Waals surface area contributed by atoms with Gasteiger partial charge in [0, 0.05) is 10.5 Å². The lowest BCUT2D eigenvalue weighted by molar-refractivity contribution is 0.548. The lowest BCUT2D eigenvalue weighted by atomic mass is 9.98. The van der Waals surface area contributed by atoms with Crippen molar-refractivity contribution in [3.8, 4) is 0 Å². The molecule has 0 aliphatic heterocycles. The van der Waals surface area contributed by atoms with Gasteiger partial charge < -0.3 is 5.32 Å². The number of nitrogens with one attached hydrogen (secondary N) is 1. The van der Waals surface area contributed by atoms with Crippen LogP contribution in [0.3, 0.4) is 0 Å². The second kappa shape index (κ2) is 6.88. The smallest absolute Gasteiger partial charge is 0.0372 e. The molecule has 19 heavy (non-hydrogen) atoms. The van der Waals surface area contributed by atoms with Gasteiger partial charge >= 0.3 is 0 Å². The zero-order valence-electron chi connectivity index (χ0n) is 11.5. The number of hydrogen-bond acceptors (Lipinski definition) is 1. The van der Waals surface area contributed by atoms with Gasteiger partial charge in [-0.1, -0.05) is 70.9 Å². The maximum absolute atomic E-state index is 3.65. The Hall–Kier alpha value is -1.12. The van der Waals surface area contributed by atoms with E-state index in [1.165, 1.54) is 21.2 Å². The Bertz CT molecular complexity index is 536. The number of rotatable bonds is 5. The van der Waals surface area contributed by atoms with Crippen molar-refractivity contribution in [2.75, 3.05) is 6.54 Å². The lowest BCUT2D eigenvalue weighted by Gasteiger charge is -2.20. The topological polar surface area (TPSA) is 12.0 Å². The third-order valence-corrected chi connectivity index (χ3v) is 3.98. The molecule has 0 radical (unpaired) electrons. The minimum atomic E-state index is 0.349. The molecule has 1 N–H and O–H groups in total. The maximum Gasteiger partial charge on any atom is 0.0372 e. The third kappa shape index (κ3) is 3.92. The Balaban J connectivity index is 2.24. The quantitative estimate of drug-likeness (QED) is 0.846. The Morgan fingerprint density at radius 2 is 1.89 bits per heavy atom. The summed E-state index contributed by atoms with van der Waals surface area (Å²) in [5.41, 5.74) is 4.02. The summed E-state index contributed by atoms with van der Waals surface area (Å²) in [4.78, 5) is 0. The fourth-order valence-electron chi connectivity index (χ4n) is 2.37. The Kier molecular flexibility index (Phi) is 5.17. The molecule has 0 saturated carbocycles. The molecule has 2 heteroatoms. The molecule has 0 saturated heterocycles. The van der Waals surface area contributed by atoms with E-state index in [1.807, 2.05) is 0 Å². The molecule has 0 aliphatic rings. The highest BCUT2D eigenvalue weighted by atomic mass is 79.9. The zero-order valence-corrected chi connectivity index (χ0v) is 13.1. The van der Waals surface area contributed by atoms with E-state index in [0.717, 1.165) is 13.0 Å². The van der Waals surface area contributed by atoms with Gasteiger partial charge in [-0.15, -0.1) is 0 Å². The standard InChI is InChI=1S/C17H20BrN/c1-3-19-17(15-9-4-5-10-16(15)18)12-14-8-6-7-13(2)11-14/h4-11,17,19H,3,12H2,1-2H3. The van der Waals surface area contributed by atoms with Crippen LogP contribution in [0.1, 0.15) is 29.7 Å². The molecule has 1 atom stereocenters. The van der Waals surface area contributed by atoms with Crippen molar-refractivity contribution in [2.45, 2.75) is 26.3 Å². The van der Waals surface area contributed by atoms with Crippen molar-refractivity contribution in [1.82, 2.24) is 5.32 Å². The highest BCUT2D eigenvalue weighted by Crippen LogP contribution is 2.26. The van der Waals surface area contributed by atoms with Crippen molar-refractivity contribution in [3.05, 3.63) is 69.7 Å². The minimum Gasteiger partial charge on any atom is -0.310 e. The first-order valence-electron chi connectivity index (χ1n) is 6.74. The van der Waals surface area contributed by atoms with Crippen LogP contribution >= 0.6 is 15.9 Å². The van der Waals surface area contributed by atoms with Crippen LogP contribution in [0.15, 0.2) is 53.0 Å². The molecule has 1 nitrogen and oxygen atoms in total. The van der Waals surface area contributed by atoms with Crippen LogP contribution in [0.25, 0.3) is 0 Å². The summed E-state index contributed by atoms with van der Waals surface area (Å²) in [5.74, 6) is 0. The molecule has 2 rings (SSSR count). The van der Waals surface area contributed by atoms with Crippen LogP contribution in [-0.4, -0.2) is 6.54 Å². The molecule has 0 fully saturated rings. The number of likely N-dealkylation sites (N-methyl/N-ethyl adjacent to an activating group) is 1. The van der Waals surface area contributed by atoms with Crippen LogP contribution in [0.5, 0.6) is 0 Å². The summed E-state index contributed by atoms with van der Waals surface area (Å²) in [6.07, 6.45) is 1.01. The number of benzene rings is 2. The SMILES string of the molecule is CCNC(Cc1cccc(C)c1)c1ccccc1Br. The fraction of sp³-hybridized carbons (Fsp3) is 0.294. The van der Waals surface area contributed by atoms with Crippen LogP contribution < -0.4 is 5.32 Å². The number of hydrogen-bond donors (Lipinski definition) is 1. The van der Waals surface area contributed by atoms with Gasteiger partial charge in [0.15, 0.2) is 0 Å². The molecular weight excluding hydrogens is 298 g/mol. The van der Waals surface area contributed by atoms with E-state index in [4.69, 9.17) is 0 Å². The highest BCUT2D eigenvalue weighted by Gasteiger charge is 2.13. The van der Waals surface area contributed by atoms with Crippen LogP contribution in [-0.2, 0) is 6.42 Å². The Morgan fingerprint density at radius 1 is 1.11 bits per heavy atom. The van der Waals surface area contributed by atoms with E-state index < -0.39 is 0 Å². The summed E-state index contributed by atoms with van der Waals surface area (Å²) < 4.78 is 1.17. The summed E-state index contributed by atoms with van der Waals surface area (Å²) in [6.45, 7) is 5.27. The predicted octanol–water partition coefficient (Wildman–Crippen LogP) is 4.65. The molecule has 0 aromatic heterocycles. The molecule has 0 spiro atoms. The van der Waals surface area contributed by atoms with Gasteiger partial charge in [-0.2, -0.15) is 0 Å². The Labute approximate surface area is 124 Å². The molecule has 0 bridgehead atoms. The van der Waals surface area contributed by atoms with Crippen LogP contribution in [0.4, 0.5) is 0 Å². The van der Waals surface area contributed by atoms with Gasteiger partial charge in [-0.05, 0) is 37.1 Å². The van der Waals surface area contributed by atoms with Gasteiger partial charge in [0.05, 0.1) is 0 Å². The van der Waals surface area contributed by atoms with E-state index in [-0.39, 0.29) is 0 Å². The Morgan fingerprint density at radius 3 is 2.58 bits per heavy atom. The molecule has 0 aliphatic carbocycles. The van der Waals surface area contributed by atoms with E-state index in [9.17, 15) is 0 Å². The molecule has 0 heterocycles. The summed E-state index contributed by atoms with van der Waals surface area (Å²) in [6, 6.07) is 17.5. The first-order chi connectivity index (χ1) is 9.20. The van der Waals surface area contributed by atoms with Gasteiger partial charge in [-0.25, -0.2) is 0 Å². The first-order valence-corrected chi connectivity index (χ1v) is 7.53. The third-order valence-electron chi connectivity index (χ3n) is 3.25. The maximum atomic E-state index is 3.65. The minimum absolute atomic E-state index is 0.349. The van der Waals surface area contributed by atoms with E-state index in [1.54, 1.807) is 0 Å². The fourth-order valence-corrected chi connectivity index (χ4v) is 2.93. The average Bonchev–Trinajstić information content (AvgIpc) is 2.39. The zero-order chi connectivity index (χ0) is 13.7. The van der Waals surface area contributed by atoms with Crippen LogP contribution in [0, 0.1) is 6.92 Å². The molecule has 0 amide bonds. The van der Waals surface area contributed by atoms with Crippen molar-refractivity contribution < 1.29 is 0 Å². The van der Waals surface area contributed by atoms with Gasteiger partial charge in [-0.3, -0.25) is 0 Å². The second-order valence-corrected chi connectivity index (χ2v) is 5.68. The summed E-state index contributed by atoms with van der Waals surface area (Å²) >= 11 is 3.65. The summed E-state index contributed by atoms with van der Waals surface area (Å²) in [5, 5.41) is 3.58. The first kappa shape index (κ1) is 14.3. The van der Waals surface area contributed by atoms with Crippen LogP contribution in [0.2, 0.25) is 0 Å². The van der Waals surface area contributed by atoms with Gasteiger partial charge in [0.2, 0.25) is 0 Å². The normalized spacial score (nSPS) is 12.4. The molecule has 2 aromatic carbocycles. The van der Waals surface area contributed by atoms with Crippen molar-refractivity contribution >= 4 is 15.9 Å². The number of aryl methyl sites for hydroxylation is 1. The van der Waals surface area contributed by atoms with Crippen molar-refractivity contribution in [3.63, 3.8) is 0 Å². The number of halogens is 1. The highest BCUT2D eigenvalue weighted by molar-refractivity contribution is 9.10.